The highest BCUT2D eigenvalue weighted by atomic mass is 32.2. The highest BCUT2D eigenvalue weighted by Crippen LogP contribution is 2.27. The van der Waals surface area contributed by atoms with E-state index in [2.05, 4.69) is 38.9 Å². The number of carbonyl (C=O) groups excluding carboxylic acids is 1. The number of amides is 1. The van der Waals surface area contributed by atoms with Gasteiger partial charge < -0.3 is 4.42 Å². The topological polar surface area (TPSA) is 131 Å². The minimum Gasteiger partial charge on any atom is -0.401 e. The molecule has 1 N–H and O–H groups in total. The van der Waals surface area contributed by atoms with Crippen LogP contribution in [0.4, 0.5) is 6.01 Å². The van der Waals surface area contributed by atoms with E-state index in [1.807, 2.05) is 0 Å². The highest BCUT2D eigenvalue weighted by molar-refractivity contribution is 7.89. The third kappa shape index (κ3) is 4.25. The Morgan fingerprint density at radius 3 is 2.47 bits per heavy atom. The van der Waals surface area contributed by atoms with Crippen LogP contribution in [-0.2, 0) is 10.0 Å². The lowest BCUT2D eigenvalue weighted by Gasteiger charge is -2.34. The van der Waals surface area contributed by atoms with Crippen LogP contribution in [0.25, 0.3) is 11.6 Å². The van der Waals surface area contributed by atoms with Crippen LogP contribution in [0, 0.1) is 11.8 Å². The van der Waals surface area contributed by atoms with Crippen molar-refractivity contribution < 1.29 is 17.6 Å². The molecule has 12 heteroatoms. The van der Waals surface area contributed by atoms with Gasteiger partial charge >= 0.3 is 6.01 Å². The number of carbonyl (C=O) groups is 1. The summed E-state index contributed by atoms with van der Waals surface area (Å²) in [5.41, 5.74) is 0.688. The number of rotatable bonds is 5. The number of piperidine rings is 1. The van der Waals surface area contributed by atoms with Crippen LogP contribution in [0.15, 0.2) is 39.0 Å². The molecule has 1 aromatic carbocycles. The van der Waals surface area contributed by atoms with E-state index >= 15 is 0 Å². The van der Waals surface area contributed by atoms with Crippen LogP contribution in [0.5, 0.6) is 0 Å². The monoisotopic (exact) mass is 448 g/mol. The third-order valence-electron chi connectivity index (χ3n) is 4.81. The highest BCUT2D eigenvalue weighted by Gasteiger charge is 2.31. The molecule has 3 aromatic rings. The van der Waals surface area contributed by atoms with Crippen molar-refractivity contribution in [1.82, 2.24) is 24.1 Å². The molecular formula is C18H20N6O4S2. The predicted molar refractivity (Wildman–Crippen MR) is 109 cm³/mol. The fourth-order valence-electron chi connectivity index (χ4n) is 3.53. The molecule has 0 bridgehead atoms. The van der Waals surface area contributed by atoms with Crippen molar-refractivity contribution in [1.29, 1.82) is 0 Å². The molecule has 1 aliphatic rings. The molecule has 1 saturated heterocycles. The molecule has 1 aliphatic heterocycles. The second-order valence-corrected chi connectivity index (χ2v) is 10.00. The number of benzene rings is 1. The molecule has 4 rings (SSSR count). The summed E-state index contributed by atoms with van der Waals surface area (Å²) in [6, 6.07) is 5.71. The summed E-state index contributed by atoms with van der Waals surface area (Å²) >= 11 is 1.14. The van der Waals surface area contributed by atoms with Crippen LogP contribution >= 0.6 is 11.5 Å². The average Bonchev–Trinajstić information content (AvgIpc) is 3.39. The van der Waals surface area contributed by atoms with Crippen molar-refractivity contribution in [2.24, 2.45) is 11.8 Å². The molecule has 0 saturated carbocycles. The van der Waals surface area contributed by atoms with Crippen molar-refractivity contribution in [2.45, 2.75) is 25.2 Å². The predicted octanol–water partition coefficient (Wildman–Crippen LogP) is 2.51. The van der Waals surface area contributed by atoms with E-state index in [0.29, 0.717) is 30.6 Å². The molecule has 0 aliphatic carbocycles. The molecule has 0 spiro atoms. The molecule has 1 amide bonds. The van der Waals surface area contributed by atoms with Crippen LogP contribution in [0.1, 0.15) is 30.6 Å². The quantitative estimate of drug-likeness (QED) is 0.630. The first-order valence-corrected chi connectivity index (χ1v) is 11.6. The van der Waals surface area contributed by atoms with Crippen molar-refractivity contribution >= 4 is 33.5 Å². The number of hydrogen-bond acceptors (Lipinski definition) is 9. The van der Waals surface area contributed by atoms with Gasteiger partial charge in [0.1, 0.15) is 0 Å². The van der Waals surface area contributed by atoms with Crippen LogP contribution in [0.2, 0.25) is 0 Å². The maximum absolute atomic E-state index is 12.9. The van der Waals surface area contributed by atoms with E-state index in [1.165, 1.54) is 28.6 Å². The van der Waals surface area contributed by atoms with Crippen LogP contribution in [-0.4, -0.2) is 51.5 Å². The molecular weight excluding hydrogens is 428 g/mol. The molecule has 2 aromatic heterocycles. The molecule has 2 atom stereocenters. The summed E-state index contributed by atoms with van der Waals surface area (Å²) in [7, 11) is -3.60. The summed E-state index contributed by atoms with van der Waals surface area (Å²) < 4.78 is 36.5. The molecule has 30 heavy (non-hydrogen) atoms. The average molecular weight is 449 g/mol. The first-order valence-electron chi connectivity index (χ1n) is 9.35. The van der Waals surface area contributed by atoms with Crippen LogP contribution in [0.3, 0.4) is 0 Å². The number of nitrogens with zero attached hydrogens (tertiary/aromatic N) is 5. The summed E-state index contributed by atoms with van der Waals surface area (Å²) in [5, 5.41) is 15.5. The zero-order valence-electron chi connectivity index (χ0n) is 16.3. The van der Waals surface area contributed by atoms with Gasteiger partial charge in [0.25, 0.3) is 11.8 Å². The Balaban J connectivity index is 1.46. The smallest absolute Gasteiger partial charge is 0.322 e. The Labute approximate surface area is 177 Å². The number of aromatic nitrogens is 4. The van der Waals surface area contributed by atoms with Gasteiger partial charge in [-0.1, -0.05) is 23.4 Å². The van der Waals surface area contributed by atoms with E-state index in [0.717, 1.165) is 18.0 Å². The Morgan fingerprint density at radius 2 is 1.83 bits per heavy atom. The van der Waals surface area contributed by atoms with Crippen molar-refractivity contribution in [3.8, 4) is 11.6 Å². The van der Waals surface area contributed by atoms with E-state index in [1.54, 1.807) is 5.38 Å². The van der Waals surface area contributed by atoms with Gasteiger partial charge in [-0.3, -0.25) is 10.1 Å². The Kier molecular flexibility index (Phi) is 5.62. The third-order valence-corrected chi connectivity index (χ3v) is 7.16. The summed E-state index contributed by atoms with van der Waals surface area (Å²) in [6.07, 6.45) is 1.02. The van der Waals surface area contributed by atoms with Gasteiger partial charge in [-0.2, -0.15) is 4.31 Å². The van der Waals surface area contributed by atoms with Crippen molar-refractivity contribution in [2.75, 3.05) is 18.4 Å². The molecule has 1 fully saturated rings. The molecule has 0 radical (unpaired) electrons. The van der Waals surface area contributed by atoms with Gasteiger partial charge in [0.2, 0.25) is 10.0 Å². The maximum atomic E-state index is 12.9. The Morgan fingerprint density at radius 1 is 1.13 bits per heavy atom. The molecule has 2 unspecified atom stereocenters. The van der Waals surface area contributed by atoms with E-state index in [4.69, 9.17) is 4.42 Å². The summed E-state index contributed by atoms with van der Waals surface area (Å²) in [4.78, 5) is 12.6. The first-order chi connectivity index (χ1) is 14.3. The van der Waals surface area contributed by atoms with Gasteiger partial charge in [0, 0.05) is 24.0 Å². The van der Waals surface area contributed by atoms with E-state index < -0.39 is 15.9 Å². The SMILES string of the molecule is CC1CC(C)CN(S(=O)(=O)c2ccc(C(=O)Nc3nnc(-c4csnn4)o3)cc2)C1. The maximum Gasteiger partial charge on any atom is 0.322 e. The Bertz CT molecular complexity index is 1120. The van der Waals surface area contributed by atoms with Gasteiger partial charge in [-0.05, 0) is 54.1 Å². The normalized spacial score (nSPS) is 20.2. The van der Waals surface area contributed by atoms with E-state index in [-0.39, 0.29) is 22.4 Å². The van der Waals surface area contributed by atoms with Crippen molar-refractivity contribution in [3.05, 3.63) is 35.2 Å². The number of anilines is 1. The molecule has 10 nitrogen and oxygen atoms in total. The van der Waals surface area contributed by atoms with E-state index in [9.17, 15) is 13.2 Å². The van der Waals surface area contributed by atoms with Gasteiger partial charge in [0.05, 0.1) is 4.90 Å². The van der Waals surface area contributed by atoms with Gasteiger partial charge in [0.15, 0.2) is 5.69 Å². The zero-order valence-corrected chi connectivity index (χ0v) is 18.0. The number of sulfonamides is 1. The minimum atomic E-state index is -3.60. The minimum absolute atomic E-state index is 0.0870. The fraction of sp³-hybridized carbons (Fsp3) is 0.389. The first kappa shape index (κ1) is 20.6. The lowest BCUT2D eigenvalue weighted by molar-refractivity contribution is 0.102. The van der Waals surface area contributed by atoms with Crippen LogP contribution < -0.4 is 5.32 Å². The number of hydrogen-bond donors (Lipinski definition) is 1. The lowest BCUT2D eigenvalue weighted by Crippen LogP contribution is -2.42. The number of nitrogens with one attached hydrogen (secondary N) is 1. The van der Waals surface area contributed by atoms with Crippen molar-refractivity contribution in [3.63, 3.8) is 0 Å². The second-order valence-electron chi connectivity index (χ2n) is 7.45. The molecule has 158 valence electrons. The zero-order chi connectivity index (χ0) is 21.3. The standard InChI is InChI=1S/C18H20N6O4S2/c1-11-7-12(2)9-24(8-11)30(26,27)14-5-3-13(4-6-14)16(25)19-18-22-21-17(28-18)15-10-29-23-20-15/h3-6,10-12H,7-9H2,1-2H3,(H,19,22,25). The largest absolute Gasteiger partial charge is 0.401 e. The lowest BCUT2D eigenvalue weighted by atomic mass is 9.94. The fourth-order valence-corrected chi connectivity index (χ4v) is 5.64. The van der Waals surface area contributed by atoms with Gasteiger partial charge in [-0.15, -0.1) is 10.2 Å². The molecule has 3 heterocycles. The summed E-state index contributed by atoms with van der Waals surface area (Å²) in [5.74, 6) is 0.275. The summed E-state index contributed by atoms with van der Waals surface area (Å²) in [6.45, 7) is 5.12. The Hall–Kier alpha value is -2.70. The van der Waals surface area contributed by atoms with Gasteiger partial charge in [-0.25, -0.2) is 8.42 Å². The second kappa shape index (κ2) is 8.20.